The van der Waals surface area contributed by atoms with Crippen LogP contribution >= 0.6 is 0 Å². The van der Waals surface area contributed by atoms with Gasteiger partial charge in [0.15, 0.2) is 5.54 Å². The van der Waals surface area contributed by atoms with E-state index in [1.54, 1.807) is 31.4 Å². The van der Waals surface area contributed by atoms with Gasteiger partial charge in [0, 0.05) is 11.6 Å². The Labute approximate surface area is 328 Å². The molecule has 0 bridgehead atoms. The first-order valence-corrected chi connectivity index (χ1v) is 19.0. The maximum absolute atomic E-state index is 14.1. The molecule has 5 N–H and O–H groups in total. The minimum atomic E-state index is -1.97. The first-order valence-electron chi connectivity index (χ1n) is 19.0. The van der Waals surface area contributed by atoms with Gasteiger partial charge in [0.1, 0.15) is 12.4 Å². The maximum Gasteiger partial charge on any atom is 0.336 e. The van der Waals surface area contributed by atoms with E-state index < -0.39 is 23.0 Å². The van der Waals surface area contributed by atoms with Crippen LogP contribution in [0.5, 0.6) is 5.75 Å². The summed E-state index contributed by atoms with van der Waals surface area (Å²) in [5.74, 6) is -0.853. The number of carbonyl (C=O) groups is 2. The number of nitrogens with two attached hydrogens (primary N) is 1. The molecular formula is C48H47N3O5. The Kier molecular flexibility index (Phi) is 11.7. The number of hydrogen-bond acceptors (Lipinski definition) is 7. The third kappa shape index (κ3) is 7.72. The van der Waals surface area contributed by atoms with Crippen LogP contribution in [0.25, 0.3) is 11.1 Å². The predicted molar refractivity (Wildman–Crippen MR) is 220 cm³/mol. The number of esters is 1. The van der Waals surface area contributed by atoms with Crippen molar-refractivity contribution in [2.45, 2.75) is 42.9 Å². The molecule has 8 nitrogen and oxygen atoms in total. The number of methoxy groups -OCH3 is 1. The lowest BCUT2D eigenvalue weighted by Gasteiger charge is -2.37. The van der Waals surface area contributed by atoms with Gasteiger partial charge in [0.2, 0.25) is 0 Å². The Morgan fingerprint density at radius 2 is 1.21 bits per heavy atom. The van der Waals surface area contributed by atoms with Crippen molar-refractivity contribution in [2.75, 3.05) is 25.6 Å². The highest BCUT2D eigenvalue weighted by Crippen LogP contribution is 2.45. The zero-order valence-corrected chi connectivity index (χ0v) is 31.5. The van der Waals surface area contributed by atoms with Crippen molar-refractivity contribution in [3.8, 4) is 16.9 Å². The molecule has 1 aliphatic carbocycles. The standard InChI is InChI=1S/C48H47N3O5/c1-55-39-28-24-37(25-29-39)48(35-14-4-2-5-15-35,36-16-6-3-7-17-36)50-31-13-12-30-47(49,45(53)51-38-26-22-34(32-52)23-27-38)46(54)56-33-44-42-20-10-8-18-40(42)41-19-9-11-21-43(41)44/h2-11,14-29,44,50,52H,12-13,30-33,49H2,1H3,(H,51,53)/t47-/m0/s1. The number of hydrogen-bond donors (Lipinski definition) is 4. The molecule has 8 heteroatoms. The van der Waals surface area contributed by atoms with Crippen molar-refractivity contribution in [3.05, 3.63) is 191 Å². The lowest BCUT2D eigenvalue weighted by molar-refractivity contribution is -0.154. The highest BCUT2D eigenvalue weighted by molar-refractivity contribution is 6.12. The topological polar surface area (TPSA) is 123 Å². The van der Waals surface area contributed by atoms with E-state index in [0.717, 1.165) is 44.7 Å². The average Bonchev–Trinajstić information content (AvgIpc) is 3.58. The van der Waals surface area contributed by atoms with Gasteiger partial charge in [-0.05, 0) is 94.6 Å². The predicted octanol–water partition coefficient (Wildman–Crippen LogP) is 7.93. The molecular weight excluding hydrogens is 699 g/mol. The van der Waals surface area contributed by atoms with Gasteiger partial charge in [-0.2, -0.15) is 0 Å². The first kappa shape index (κ1) is 38.2. The number of ether oxygens (including phenoxy) is 2. The number of fused-ring (bicyclic) bond motifs is 3. The molecule has 0 spiro atoms. The normalized spacial score (nSPS) is 13.3. The van der Waals surface area contributed by atoms with Crippen molar-refractivity contribution in [2.24, 2.45) is 5.73 Å². The molecule has 0 saturated heterocycles. The Morgan fingerprint density at radius 3 is 1.77 bits per heavy atom. The summed E-state index contributed by atoms with van der Waals surface area (Å²) in [6.45, 7) is 0.461. The number of nitrogens with one attached hydrogen (secondary N) is 2. The van der Waals surface area contributed by atoms with Gasteiger partial charge in [-0.1, -0.05) is 133 Å². The summed E-state index contributed by atoms with van der Waals surface area (Å²) in [4.78, 5) is 28.2. The Balaban J connectivity index is 1.11. The van der Waals surface area contributed by atoms with E-state index >= 15 is 0 Å². The number of aliphatic hydroxyl groups is 1. The van der Waals surface area contributed by atoms with Gasteiger partial charge in [0.25, 0.3) is 5.91 Å². The lowest BCUT2D eigenvalue weighted by atomic mass is 9.77. The van der Waals surface area contributed by atoms with Crippen LogP contribution in [0.4, 0.5) is 5.69 Å². The number of rotatable bonds is 16. The van der Waals surface area contributed by atoms with Gasteiger partial charge in [-0.3, -0.25) is 10.1 Å². The van der Waals surface area contributed by atoms with Crippen LogP contribution in [-0.4, -0.2) is 42.8 Å². The fraction of sp³-hybridized carbons (Fsp3) is 0.208. The summed E-state index contributed by atoms with van der Waals surface area (Å²) < 4.78 is 11.5. The van der Waals surface area contributed by atoms with Crippen molar-refractivity contribution in [3.63, 3.8) is 0 Å². The van der Waals surface area contributed by atoms with Crippen LogP contribution in [0, 0.1) is 0 Å². The van der Waals surface area contributed by atoms with Crippen molar-refractivity contribution in [1.82, 2.24) is 5.32 Å². The molecule has 56 heavy (non-hydrogen) atoms. The lowest BCUT2D eigenvalue weighted by Crippen LogP contribution is -2.58. The molecule has 0 unspecified atom stereocenters. The van der Waals surface area contributed by atoms with Gasteiger partial charge in [-0.25, -0.2) is 4.79 Å². The Hall–Kier alpha value is -6.06. The SMILES string of the molecule is COc1ccc(C(NCCCC[C@](N)(C(=O)Nc2ccc(CO)cc2)C(=O)OCC2c3ccccc3-c3ccccc32)(c2ccccc2)c2ccccc2)cc1. The van der Waals surface area contributed by atoms with E-state index in [1.165, 1.54) is 0 Å². The van der Waals surface area contributed by atoms with Gasteiger partial charge in [0.05, 0.1) is 19.3 Å². The number of carbonyl (C=O) groups excluding carboxylic acids is 2. The summed E-state index contributed by atoms with van der Waals surface area (Å²) in [6.07, 6.45) is 1.11. The van der Waals surface area contributed by atoms with E-state index in [2.05, 4.69) is 71.3 Å². The van der Waals surface area contributed by atoms with Crippen molar-refractivity contribution < 1.29 is 24.2 Å². The van der Waals surface area contributed by atoms with Gasteiger partial charge < -0.3 is 25.6 Å². The van der Waals surface area contributed by atoms with Crippen LogP contribution in [0.3, 0.4) is 0 Å². The summed E-state index contributed by atoms with van der Waals surface area (Å²) in [5.41, 5.74) is 12.9. The second-order valence-corrected chi connectivity index (χ2v) is 14.2. The van der Waals surface area contributed by atoms with E-state index in [1.807, 2.05) is 72.8 Å². The third-order valence-electron chi connectivity index (χ3n) is 10.8. The number of aliphatic hydroxyl groups excluding tert-OH is 1. The van der Waals surface area contributed by atoms with Gasteiger partial charge in [-0.15, -0.1) is 0 Å². The molecule has 7 rings (SSSR count). The molecule has 284 valence electrons. The molecule has 6 aromatic carbocycles. The van der Waals surface area contributed by atoms with Crippen LogP contribution in [0.15, 0.2) is 158 Å². The highest BCUT2D eigenvalue weighted by Gasteiger charge is 2.44. The largest absolute Gasteiger partial charge is 0.497 e. The highest BCUT2D eigenvalue weighted by atomic mass is 16.5. The fourth-order valence-electron chi connectivity index (χ4n) is 7.80. The van der Waals surface area contributed by atoms with Crippen LogP contribution in [-0.2, 0) is 26.5 Å². The molecule has 1 atom stereocenters. The van der Waals surface area contributed by atoms with E-state index in [0.29, 0.717) is 30.6 Å². The first-order chi connectivity index (χ1) is 27.4. The van der Waals surface area contributed by atoms with Crippen LogP contribution in [0.2, 0.25) is 0 Å². The van der Waals surface area contributed by atoms with E-state index in [-0.39, 0.29) is 25.6 Å². The molecule has 6 aromatic rings. The second kappa shape index (κ2) is 17.2. The second-order valence-electron chi connectivity index (χ2n) is 14.2. The summed E-state index contributed by atoms with van der Waals surface area (Å²) in [6, 6.07) is 51.7. The summed E-state index contributed by atoms with van der Waals surface area (Å²) >= 11 is 0. The Bertz CT molecular complexity index is 2160. The summed E-state index contributed by atoms with van der Waals surface area (Å²) in [7, 11) is 1.65. The van der Waals surface area contributed by atoms with Gasteiger partial charge >= 0.3 is 5.97 Å². The molecule has 1 amide bonds. The van der Waals surface area contributed by atoms with Crippen LogP contribution in [0.1, 0.15) is 58.6 Å². The molecule has 0 aromatic heterocycles. The number of anilines is 1. The average molecular weight is 746 g/mol. The van der Waals surface area contributed by atoms with Crippen molar-refractivity contribution >= 4 is 17.6 Å². The minimum Gasteiger partial charge on any atom is -0.497 e. The number of unbranched alkanes of at least 4 members (excludes halogenated alkanes) is 1. The maximum atomic E-state index is 14.1. The number of benzene rings is 6. The molecule has 0 radical (unpaired) electrons. The smallest absolute Gasteiger partial charge is 0.336 e. The molecule has 0 saturated carbocycles. The molecule has 0 fully saturated rings. The third-order valence-corrected chi connectivity index (χ3v) is 10.8. The zero-order valence-electron chi connectivity index (χ0n) is 31.5. The summed E-state index contributed by atoms with van der Waals surface area (Å²) in [5, 5.41) is 16.2. The van der Waals surface area contributed by atoms with Crippen LogP contribution < -0.4 is 21.1 Å². The molecule has 0 heterocycles. The minimum absolute atomic E-state index is 0.0460. The Morgan fingerprint density at radius 1 is 0.679 bits per heavy atom. The fourth-order valence-corrected chi connectivity index (χ4v) is 7.80. The van der Waals surface area contributed by atoms with E-state index in [4.69, 9.17) is 15.2 Å². The number of amides is 1. The molecule has 0 aliphatic heterocycles. The zero-order chi connectivity index (χ0) is 39.0. The quantitative estimate of drug-likeness (QED) is 0.0344. The van der Waals surface area contributed by atoms with Crippen molar-refractivity contribution in [1.29, 1.82) is 0 Å². The van der Waals surface area contributed by atoms with E-state index in [9.17, 15) is 14.7 Å². The monoisotopic (exact) mass is 745 g/mol. The molecule has 1 aliphatic rings.